The number of ether oxygens (including phenoxy) is 2. The smallest absolute Gasteiger partial charge is 0.243 e. The topological polar surface area (TPSA) is 103 Å². The van der Waals surface area contributed by atoms with Crippen LogP contribution >= 0.6 is 0 Å². The number of benzene rings is 1. The zero-order valence-corrected chi connectivity index (χ0v) is 16.4. The third-order valence-electron chi connectivity index (χ3n) is 4.56. The molecule has 1 aromatic carbocycles. The van der Waals surface area contributed by atoms with Gasteiger partial charge in [-0.05, 0) is 24.6 Å². The molecule has 1 aliphatic rings. The van der Waals surface area contributed by atoms with Crippen LogP contribution in [0.25, 0.3) is 0 Å². The molecule has 1 amide bonds. The summed E-state index contributed by atoms with van der Waals surface area (Å²) >= 11 is 0. The molecule has 29 heavy (non-hydrogen) atoms. The van der Waals surface area contributed by atoms with Crippen molar-refractivity contribution in [3.63, 3.8) is 0 Å². The highest BCUT2D eigenvalue weighted by molar-refractivity contribution is 5.87. The first kappa shape index (κ1) is 20.0. The first-order valence-corrected chi connectivity index (χ1v) is 9.07. The maximum atomic E-state index is 11.6. The molecule has 3 N–H and O–H groups in total. The molecule has 0 spiro atoms. The van der Waals surface area contributed by atoms with E-state index in [9.17, 15) is 4.79 Å². The van der Waals surface area contributed by atoms with E-state index in [1.54, 1.807) is 20.3 Å². The number of nitrogens with two attached hydrogens (primary N) is 1. The van der Waals surface area contributed by atoms with Gasteiger partial charge in [-0.2, -0.15) is 0 Å². The molecule has 1 fully saturated rings. The zero-order chi connectivity index (χ0) is 20.8. The van der Waals surface area contributed by atoms with Gasteiger partial charge in [0.25, 0.3) is 0 Å². The third-order valence-corrected chi connectivity index (χ3v) is 4.56. The quantitative estimate of drug-likeness (QED) is 0.584. The second kappa shape index (κ2) is 8.97. The number of nitrogen functional groups attached to an aromatic ring is 1. The Balaban J connectivity index is 1.88. The van der Waals surface area contributed by atoms with Gasteiger partial charge < -0.3 is 25.4 Å². The van der Waals surface area contributed by atoms with Crippen LogP contribution in [0.5, 0.6) is 11.5 Å². The predicted octanol–water partition coefficient (Wildman–Crippen LogP) is 1.36. The van der Waals surface area contributed by atoms with Crippen LogP contribution in [0.2, 0.25) is 0 Å². The predicted molar refractivity (Wildman–Crippen MR) is 111 cm³/mol. The number of hydrogen-bond donors (Lipinski definition) is 2. The number of anilines is 2. The number of rotatable bonds is 5. The molecule has 0 saturated carbocycles. The summed E-state index contributed by atoms with van der Waals surface area (Å²) in [4.78, 5) is 22.1. The molecule has 8 nitrogen and oxygen atoms in total. The Hall–Kier alpha value is -3.73. The lowest BCUT2D eigenvalue weighted by atomic mass is 10.1. The van der Waals surface area contributed by atoms with E-state index in [-0.39, 0.29) is 11.9 Å². The van der Waals surface area contributed by atoms with Crippen LogP contribution < -0.4 is 25.4 Å². The third kappa shape index (κ3) is 4.76. The van der Waals surface area contributed by atoms with E-state index in [2.05, 4.69) is 33.7 Å². The maximum absolute atomic E-state index is 11.6. The van der Waals surface area contributed by atoms with Crippen molar-refractivity contribution in [1.29, 1.82) is 0 Å². The van der Waals surface area contributed by atoms with Gasteiger partial charge in [-0.15, -0.1) is 0 Å². The zero-order valence-electron chi connectivity index (χ0n) is 16.4. The second-order valence-corrected chi connectivity index (χ2v) is 6.45. The Bertz CT molecular complexity index is 958. The molecular weight excluding hydrogens is 370 g/mol. The van der Waals surface area contributed by atoms with Crippen LogP contribution in [-0.4, -0.2) is 49.2 Å². The van der Waals surface area contributed by atoms with Gasteiger partial charge in [0.2, 0.25) is 5.91 Å². The van der Waals surface area contributed by atoms with E-state index >= 15 is 0 Å². The van der Waals surface area contributed by atoms with Crippen molar-refractivity contribution < 1.29 is 14.3 Å². The molecule has 1 saturated heterocycles. The highest BCUT2D eigenvalue weighted by atomic mass is 16.5. The fourth-order valence-corrected chi connectivity index (χ4v) is 3.09. The Morgan fingerprint density at radius 3 is 2.66 bits per heavy atom. The van der Waals surface area contributed by atoms with Crippen LogP contribution in [0.1, 0.15) is 17.5 Å². The van der Waals surface area contributed by atoms with Crippen molar-refractivity contribution >= 4 is 17.5 Å². The fourth-order valence-electron chi connectivity index (χ4n) is 3.09. The largest absolute Gasteiger partial charge is 0.497 e. The summed E-state index contributed by atoms with van der Waals surface area (Å²) < 4.78 is 10.6. The monoisotopic (exact) mass is 393 g/mol. The van der Waals surface area contributed by atoms with E-state index in [0.29, 0.717) is 40.8 Å². The van der Waals surface area contributed by atoms with Crippen LogP contribution in [0.3, 0.4) is 0 Å². The number of carbonyl (C=O) groups is 1. The number of nitrogens with one attached hydrogen (secondary N) is 1. The lowest BCUT2D eigenvalue weighted by Gasteiger charge is -2.19. The number of carbonyl (C=O) groups excluding carboxylic acids is 1. The Morgan fingerprint density at radius 1 is 1.28 bits per heavy atom. The Morgan fingerprint density at radius 2 is 2.00 bits per heavy atom. The van der Waals surface area contributed by atoms with Crippen molar-refractivity contribution in [2.45, 2.75) is 12.5 Å². The van der Waals surface area contributed by atoms with Crippen molar-refractivity contribution in [2.24, 2.45) is 0 Å². The lowest BCUT2D eigenvalue weighted by molar-refractivity contribution is -0.117. The summed E-state index contributed by atoms with van der Waals surface area (Å²) in [6.45, 7) is 4.82. The molecule has 3 rings (SSSR count). The second-order valence-electron chi connectivity index (χ2n) is 6.45. The number of aromatic nitrogens is 2. The summed E-state index contributed by atoms with van der Waals surface area (Å²) in [5.74, 6) is 8.23. The molecule has 8 heteroatoms. The van der Waals surface area contributed by atoms with Crippen LogP contribution in [-0.2, 0) is 4.79 Å². The number of nitrogens with zero attached hydrogens (tertiary/aromatic N) is 3. The minimum Gasteiger partial charge on any atom is -0.497 e. The van der Waals surface area contributed by atoms with Crippen molar-refractivity contribution in [3.05, 3.63) is 48.3 Å². The normalized spacial score (nSPS) is 15.2. The average molecular weight is 393 g/mol. The Labute approximate surface area is 169 Å². The molecule has 2 heterocycles. The Kier molecular flexibility index (Phi) is 6.19. The summed E-state index contributed by atoms with van der Waals surface area (Å²) in [7, 11) is 3.17. The number of methoxy groups -OCH3 is 2. The lowest BCUT2D eigenvalue weighted by Crippen LogP contribution is -2.36. The summed E-state index contributed by atoms with van der Waals surface area (Å²) in [6, 6.07) is 5.41. The van der Waals surface area contributed by atoms with Crippen molar-refractivity contribution in [1.82, 2.24) is 15.3 Å². The first-order chi connectivity index (χ1) is 14.0. The summed E-state index contributed by atoms with van der Waals surface area (Å²) in [6.07, 6.45) is 3.48. The highest BCUT2D eigenvalue weighted by Crippen LogP contribution is 2.25. The fraction of sp³-hybridized carbons (Fsp3) is 0.286. The highest BCUT2D eigenvalue weighted by Gasteiger charge is 2.26. The molecule has 1 aromatic heterocycles. The molecule has 150 valence electrons. The van der Waals surface area contributed by atoms with E-state index in [1.165, 1.54) is 12.4 Å². The standard InChI is InChI=1S/C21H23N5O3/c1-4-19(27)25-15-7-8-26(12-15)21-18(20(22)23-13-24-21)6-5-14-9-16(28-2)11-17(10-14)29-3/h4,9-11,13,15H,1,7-8,12H2,2-3H3,(H,25,27)(H2,22,23,24). The van der Waals surface area contributed by atoms with Crippen LogP contribution in [0.15, 0.2) is 37.2 Å². The van der Waals surface area contributed by atoms with E-state index in [4.69, 9.17) is 15.2 Å². The number of amides is 1. The van der Waals surface area contributed by atoms with Gasteiger partial charge in [-0.1, -0.05) is 18.4 Å². The van der Waals surface area contributed by atoms with Crippen LogP contribution in [0, 0.1) is 11.8 Å². The number of hydrogen-bond acceptors (Lipinski definition) is 7. The van der Waals surface area contributed by atoms with Crippen molar-refractivity contribution in [3.8, 4) is 23.3 Å². The van der Waals surface area contributed by atoms with Gasteiger partial charge in [0.05, 0.1) is 14.2 Å². The minimum atomic E-state index is -0.189. The SMILES string of the molecule is C=CC(=O)NC1CCN(c2ncnc(N)c2C#Cc2cc(OC)cc(OC)c2)C1. The molecule has 0 bridgehead atoms. The molecule has 1 atom stereocenters. The van der Waals surface area contributed by atoms with Gasteiger partial charge in [0.1, 0.15) is 35.0 Å². The van der Waals surface area contributed by atoms with Gasteiger partial charge in [0.15, 0.2) is 0 Å². The molecule has 2 aromatic rings. The maximum Gasteiger partial charge on any atom is 0.243 e. The summed E-state index contributed by atoms with van der Waals surface area (Å²) in [5, 5.41) is 2.91. The molecule has 1 unspecified atom stereocenters. The van der Waals surface area contributed by atoms with Crippen LogP contribution in [0.4, 0.5) is 11.6 Å². The summed E-state index contributed by atoms with van der Waals surface area (Å²) in [5.41, 5.74) is 7.35. The first-order valence-electron chi connectivity index (χ1n) is 9.07. The molecule has 0 radical (unpaired) electrons. The molecule has 1 aliphatic heterocycles. The minimum absolute atomic E-state index is 0.0140. The van der Waals surface area contributed by atoms with E-state index in [1.807, 2.05) is 17.0 Å². The van der Waals surface area contributed by atoms with Gasteiger partial charge in [-0.3, -0.25) is 4.79 Å². The van der Waals surface area contributed by atoms with Gasteiger partial charge in [0, 0.05) is 30.8 Å². The molecular formula is C21H23N5O3. The van der Waals surface area contributed by atoms with Gasteiger partial charge in [-0.25, -0.2) is 9.97 Å². The van der Waals surface area contributed by atoms with E-state index < -0.39 is 0 Å². The van der Waals surface area contributed by atoms with Gasteiger partial charge >= 0.3 is 0 Å². The molecule has 0 aliphatic carbocycles. The average Bonchev–Trinajstić information content (AvgIpc) is 3.20. The van der Waals surface area contributed by atoms with Crippen molar-refractivity contribution in [2.75, 3.05) is 37.9 Å². The van der Waals surface area contributed by atoms with E-state index in [0.717, 1.165) is 13.0 Å².